The van der Waals surface area contributed by atoms with Crippen molar-refractivity contribution in [2.45, 2.75) is 40.0 Å². The number of rotatable bonds is 9. The Morgan fingerprint density at radius 3 is 1.00 bits per heavy atom. The molecule has 40 heavy (non-hydrogen) atoms. The summed E-state index contributed by atoms with van der Waals surface area (Å²) >= 11 is 0. The van der Waals surface area contributed by atoms with Crippen LogP contribution in [0.4, 0.5) is 0 Å². The second-order valence-corrected chi connectivity index (χ2v) is 10.7. The van der Waals surface area contributed by atoms with Gasteiger partial charge in [-0.25, -0.2) is 15.3 Å². The minimum Gasteiger partial charge on any atom is -0.400 e. The van der Waals surface area contributed by atoms with Gasteiger partial charge in [-0.2, -0.15) is 0 Å². The molecule has 0 bridgehead atoms. The fourth-order valence-corrected chi connectivity index (χ4v) is 5.65. The first-order chi connectivity index (χ1) is 19.5. The fraction of sp³-hybridized carbons (Fsp3) is 0.182. The van der Waals surface area contributed by atoms with Crippen molar-refractivity contribution in [1.29, 1.82) is 0 Å². The van der Waals surface area contributed by atoms with E-state index in [1.165, 1.54) is 16.7 Å². The third-order valence-corrected chi connectivity index (χ3v) is 7.58. The molecule has 0 aliphatic heterocycles. The van der Waals surface area contributed by atoms with Crippen LogP contribution in [0.2, 0.25) is 0 Å². The molecule has 0 aliphatic rings. The Balaban J connectivity index is 1.41. The zero-order valence-corrected chi connectivity index (χ0v) is 23.4. The molecule has 3 aromatic carbocycles. The molecule has 0 atom stereocenters. The van der Waals surface area contributed by atoms with E-state index in [-0.39, 0.29) is 0 Å². The Morgan fingerprint density at radius 1 is 0.450 bits per heavy atom. The van der Waals surface area contributed by atoms with Crippen molar-refractivity contribution >= 4 is 7.12 Å². The summed E-state index contributed by atoms with van der Waals surface area (Å²) in [5.41, 5.74) is 10.2. The predicted octanol–water partition coefficient (Wildman–Crippen LogP) is 5.64. The number of aryl methyl sites for hydroxylation is 3. The summed E-state index contributed by atoms with van der Waals surface area (Å²) in [6.45, 7) is 6.40. The van der Waals surface area contributed by atoms with Crippen molar-refractivity contribution in [1.82, 2.24) is 29.1 Å². The molecule has 7 heteroatoms. The summed E-state index contributed by atoms with van der Waals surface area (Å²) in [5, 5.41) is 15.5. The smallest absolute Gasteiger partial charge is 0.326 e. The van der Waals surface area contributed by atoms with Crippen molar-refractivity contribution in [3.05, 3.63) is 160 Å². The Labute approximate surface area is 236 Å². The number of hydrogen-bond donors (Lipinski definition) is 0. The molecule has 6 nitrogen and oxygen atoms in total. The van der Waals surface area contributed by atoms with Crippen LogP contribution in [-0.4, -0.2) is 36.2 Å². The second-order valence-electron chi connectivity index (χ2n) is 10.7. The van der Waals surface area contributed by atoms with Gasteiger partial charge in [-0.1, -0.05) is 91.0 Å². The largest absolute Gasteiger partial charge is 0.400 e. The van der Waals surface area contributed by atoms with E-state index in [1.807, 2.05) is 0 Å². The molecular weight excluding hydrogens is 491 g/mol. The number of nitrogens with zero attached hydrogens (tertiary/aromatic N) is 6. The van der Waals surface area contributed by atoms with E-state index in [1.54, 1.807) is 0 Å². The lowest BCUT2D eigenvalue weighted by atomic mass is 9.93. The average molecular weight is 525 g/mol. The van der Waals surface area contributed by atoms with E-state index in [2.05, 4.69) is 144 Å². The summed E-state index contributed by atoms with van der Waals surface area (Å²) in [6, 6.07) is 38.1. The van der Waals surface area contributed by atoms with Gasteiger partial charge in [-0.3, -0.25) is 0 Å². The van der Waals surface area contributed by atoms with E-state index >= 15 is 0 Å². The lowest BCUT2D eigenvalue weighted by molar-refractivity contribution is 0.724. The van der Waals surface area contributed by atoms with Gasteiger partial charge in [0.15, 0.2) is 0 Å². The summed E-state index contributed by atoms with van der Waals surface area (Å²) in [6.07, 6.45) is 2.36. The molecule has 6 rings (SSSR count). The molecule has 0 radical (unpaired) electrons. The summed E-state index contributed by atoms with van der Waals surface area (Å²) in [5.74, 6) is 0. The molecule has 0 saturated heterocycles. The molecule has 0 saturated carbocycles. The molecule has 0 aliphatic carbocycles. The van der Waals surface area contributed by atoms with Crippen molar-refractivity contribution < 1.29 is 0 Å². The maximum absolute atomic E-state index is 5.16. The van der Waals surface area contributed by atoms with Gasteiger partial charge in [0, 0.05) is 19.3 Å². The average Bonchev–Trinajstić information content (AvgIpc) is 3.62. The monoisotopic (exact) mass is 525 g/mol. The lowest BCUT2D eigenvalue weighted by Gasteiger charge is -2.31. The van der Waals surface area contributed by atoms with Gasteiger partial charge in [0.1, 0.15) is 0 Å². The van der Waals surface area contributed by atoms with Crippen LogP contribution in [0.1, 0.15) is 50.9 Å². The van der Waals surface area contributed by atoms with Crippen molar-refractivity contribution in [3.8, 4) is 0 Å². The Kier molecular flexibility index (Phi) is 7.19. The first-order valence-corrected chi connectivity index (χ1v) is 14.0. The van der Waals surface area contributed by atoms with Gasteiger partial charge in [-0.15, -0.1) is 0 Å². The van der Waals surface area contributed by atoms with E-state index in [0.717, 1.165) is 53.4 Å². The molecule has 0 unspecified atom stereocenters. The van der Waals surface area contributed by atoms with E-state index in [9.17, 15) is 0 Å². The maximum Gasteiger partial charge on any atom is 0.326 e. The van der Waals surface area contributed by atoms with Crippen LogP contribution >= 0.6 is 0 Å². The lowest BCUT2D eigenvalue weighted by Crippen LogP contribution is -2.45. The van der Waals surface area contributed by atoms with Crippen LogP contribution in [0.15, 0.2) is 109 Å². The Morgan fingerprint density at radius 2 is 0.725 bits per heavy atom. The zero-order valence-electron chi connectivity index (χ0n) is 23.4. The number of aromatic nitrogens is 6. The van der Waals surface area contributed by atoms with Gasteiger partial charge >= 0.3 is 7.12 Å². The third kappa shape index (κ3) is 5.54. The summed E-state index contributed by atoms with van der Waals surface area (Å²) in [4.78, 5) is 0. The summed E-state index contributed by atoms with van der Waals surface area (Å²) in [7, 11) is -1.51. The standard InChI is InChI=1S/C33H34BN6/c1-25-19-31(22-28-13-7-4-8-14-28)35-38(25)34(39-26(2)20-32(36-39)23-29-15-9-5-10-16-29)40-27(3)21-33(37-40)24-30-17-11-6-12-18-30/h4-21,34H,22-24H2,1-3H3/q-1. The minimum absolute atomic E-state index is 0.787. The highest BCUT2D eigenvalue weighted by atomic mass is 15.5. The molecule has 0 amide bonds. The predicted molar refractivity (Wildman–Crippen MR) is 162 cm³/mol. The molecule has 3 heterocycles. The quantitative estimate of drug-likeness (QED) is 0.230. The first kappa shape index (κ1) is 25.6. The Bertz CT molecular complexity index is 1500. The SMILES string of the molecule is Cc1cc(Cc2ccccc2)nn1[BH-](n1nc(Cc2ccccc2)cc1C)n1nc(Cc2ccccc2)cc1C. The highest BCUT2D eigenvalue weighted by Crippen LogP contribution is 2.18. The van der Waals surface area contributed by atoms with E-state index in [4.69, 9.17) is 15.3 Å². The van der Waals surface area contributed by atoms with Crippen molar-refractivity contribution in [3.63, 3.8) is 0 Å². The van der Waals surface area contributed by atoms with Crippen LogP contribution in [0.5, 0.6) is 0 Å². The topological polar surface area (TPSA) is 53.5 Å². The number of hydrogen-bond acceptors (Lipinski definition) is 3. The molecule has 0 fully saturated rings. The van der Waals surface area contributed by atoms with Gasteiger partial charge in [0.05, 0.1) is 17.1 Å². The molecule has 3 aromatic heterocycles. The Hall–Kier alpha value is -4.65. The first-order valence-electron chi connectivity index (χ1n) is 14.0. The van der Waals surface area contributed by atoms with Crippen LogP contribution in [0, 0.1) is 20.8 Å². The van der Waals surface area contributed by atoms with Crippen LogP contribution < -0.4 is 0 Å². The van der Waals surface area contributed by atoms with Crippen LogP contribution in [0.25, 0.3) is 0 Å². The molecule has 0 spiro atoms. The number of benzene rings is 3. The fourth-order valence-electron chi connectivity index (χ4n) is 5.65. The van der Waals surface area contributed by atoms with E-state index in [0.29, 0.717) is 0 Å². The third-order valence-electron chi connectivity index (χ3n) is 7.58. The van der Waals surface area contributed by atoms with Gasteiger partial charge < -0.3 is 13.8 Å². The maximum atomic E-state index is 5.16. The van der Waals surface area contributed by atoms with Gasteiger partial charge in [-0.05, 0) is 72.7 Å². The molecule has 0 N–H and O–H groups in total. The minimum atomic E-state index is -1.51. The zero-order chi connectivity index (χ0) is 27.5. The molecular formula is C33H34BN6-. The van der Waals surface area contributed by atoms with Crippen molar-refractivity contribution in [2.24, 2.45) is 0 Å². The molecule has 200 valence electrons. The van der Waals surface area contributed by atoms with Crippen molar-refractivity contribution in [2.75, 3.05) is 0 Å². The van der Waals surface area contributed by atoms with E-state index < -0.39 is 7.12 Å². The molecule has 6 aromatic rings. The summed E-state index contributed by atoms with van der Waals surface area (Å²) < 4.78 is 6.45. The van der Waals surface area contributed by atoms with Gasteiger partial charge in [0.2, 0.25) is 0 Å². The second kappa shape index (κ2) is 11.2. The van der Waals surface area contributed by atoms with Gasteiger partial charge in [0.25, 0.3) is 0 Å². The van der Waals surface area contributed by atoms with Crippen LogP contribution in [-0.2, 0) is 19.3 Å². The highest BCUT2D eigenvalue weighted by molar-refractivity contribution is 6.53. The van der Waals surface area contributed by atoms with Crippen LogP contribution in [0.3, 0.4) is 0 Å². The highest BCUT2D eigenvalue weighted by Gasteiger charge is 2.21. The normalized spacial score (nSPS) is 11.4.